The third-order valence-corrected chi connectivity index (χ3v) is 14.1. The van der Waals surface area contributed by atoms with E-state index in [-0.39, 0.29) is 19.6 Å². The number of aliphatic hydroxyl groups excluding tert-OH is 2. The number of esters is 2. The normalized spacial score (nSPS) is 55.6. The first-order valence-electron chi connectivity index (χ1n) is 17.0. The van der Waals surface area contributed by atoms with Gasteiger partial charge in [0, 0.05) is 46.5 Å². The Balaban J connectivity index is 1.22. The van der Waals surface area contributed by atoms with E-state index in [2.05, 4.69) is 0 Å². The van der Waals surface area contributed by atoms with E-state index in [0.29, 0.717) is 6.42 Å². The van der Waals surface area contributed by atoms with Gasteiger partial charge < -0.3 is 53.6 Å². The maximum Gasteiger partial charge on any atom is 0.366 e. The third-order valence-electron chi connectivity index (χ3n) is 14.1. The first kappa shape index (κ1) is 32.1. The fraction of sp³-hybridized carbons (Fsp3) is 0.667. The molecule has 4 saturated heterocycles. The minimum absolute atomic E-state index is 0.0502. The number of carbonyl (C=O) groups is 2. The van der Waals surface area contributed by atoms with Crippen LogP contribution in [0.15, 0.2) is 48.7 Å². The van der Waals surface area contributed by atoms with Crippen LogP contribution in [0.2, 0.25) is 0 Å². The molecular formula is C36H42O13. The summed E-state index contributed by atoms with van der Waals surface area (Å²) in [6.07, 6.45) is -0.113. The quantitative estimate of drug-likeness (QED) is 0.195. The second kappa shape index (κ2) is 9.71. The highest BCUT2D eigenvalue weighted by molar-refractivity contribution is 5.87. The molecule has 264 valence electrons. The van der Waals surface area contributed by atoms with E-state index in [1.165, 1.54) is 12.3 Å². The number of rotatable bonds is 5. The highest BCUT2D eigenvalue weighted by atomic mass is 16.7. The molecule has 1 spiro atoms. The summed E-state index contributed by atoms with van der Waals surface area (Å²) >= 11 is 0. The molecule has 16 atom stereocenters. The average molecular weight is 683 g/mol. The van der Waals surface area contributed by atoms with Crippen molar-refractivity contribution in [2.75, 3.05) is 20.3 Å². The fourth-order valence-electron chi connectivity index (χ4n) is 12.2. The van der Waals surface area contributed by atoms with Gasteiger partial charge in [-0.3, -0.25) is 0 Å². The number of fused-ring (bicyclic) bond motifs is 7. The zero-order chi connectivity index (χ0) is 34.6. The molecule has 7 fully saturated rings. The van der Waals surface area contributed by atoms with Crippen molar-refractivity contribution in [3.05, 3.63) is 54.3 Å². The molecule has 5 aliphatic heterocycles. The van der Waals surface area contributed by atoms with Crippen molar-refractivity contribution in [3.63, 3.8) is 0 Å². The molecule has 5 unspecified atom stereocenters. The Kier molecular flexibility index (Phi) is 6.35. The Morgan fingerprint density at radius 3 is 2.53 bits per heavy atom. The minimum Gasteiger partial charge on any atom is -0.469 e. The van der Waals surface area contributed by atoms with Gasteiger partial charge in [-0.15, -0.1) is 0 Å². The molecule has 4 N–H and O–H groups in total. The maximum absolute atomic E-state index is 13.8. The van der Waals surface area contributed by atoms with Crippen molar-refractivity contribution in [3.8, 4) is 0 Å². The van der Waals surface area contributed by atoms with Crippen LogP contribution < -0.4 is 0 Å². The summed E-state index contributed by atoms with van der Waals surface area (Å²) in [5.74, 6) is -7.05. The molecule has 0 radical (unpaired) electrons. The summed E-state index contributed by atoms with van der Waals surface area (Å²) in [4.78, 5) is 27.4. The van der Waals surface area contributed by atoms with Gasteiger partial charge in [-0.25, -0.2) is 9.59 Å². The van der Waals surface area contributed by atoms with Crippen LogP contribution in [0, 0.1) is 34.0 Å². The molecule has 13 nitrogen and oxygen atoms in total. The van der Waals surface area contributed by atoms with Crippen LogP contribution in [-0.2, 0) is 42.7 Å². The van der Waals surface area contributed by atoms with Gasteiger partial charge in [0.05, 0.1) is 51.0 Å². The molecule has 3 saturated carbocycles. The van der Waals surface area contributed by atoms with E-state index < -0.39 is 105 Å². The lowest BCUT2D eigenvalue weighted by atomic mass is 9.37. The summed E-state index contributed by atoms with van der Waals surface area (Å²) in [5, 5.41) is 48.8. The van der Waals surface area contributed by atoms with Gasteiger partial charge >= 0.3 is 11.9 Å². The number of ether oxygens (including phenoxy) is 7. The molecule has 13 heteroatoms. The molecule has 49 heavy (non-hydrogen) atoms. The largest absolute Gasteiger partial charge is 0.469 e. The first-order chi connectivity index (χ1) is 23.2. The molecule has 3 aliphatic carbocycles. The van der Waals surface area contributed by atoms with Crippen LogP contribution >= 0.6 is 0 Å². The average Bonchev–Trinajstić information content (AvgIpc) is 3.42. The SMILES string of the molecule is COC(=O)[C@@]1(O)OC[C@@]23C4C(OC[C@]4(C)[C@H](O)C[C@@H]2OC(=O)/C=C/c2ccccc2)[C@@H](O)C(C)([C@]24O[C@]2(C)C2C[C@@H]4O[C@H]4OC=C[C@]24O)C31. The zero-order valence-electron chi connectivity index (χ0n) is 27.7. The van der Waals surface area contributed by atoms with Gasteiger partial charge in [-0.1, -0.05) is 44.2 Å². The molecular weight excluding hydrogens is 640 g/mol. The van der Waals surface area contributed by atoms with Crippen molar-refractivity contribution >= 4 is 18.0 Å². The topological polar surface area (TPSA) is 183 Å². The Labute approximate surface area is 282 Å². The number of carbonyl (C=O) groups excluding carboxylic acids is 2. The summed E-state index contributed by atoms with van der Waals surface area (Å²) in [7, 11) is 1.13. The standard InChI is InChI=1S/C36H42O13/c1-30-16-45-24-25(30)33(21(15-20(30)37)47-23(38)11-10-18-8-6-5-7-9-18)17-46-35(42,28(40)43-4)27(33)31(2,26(24)39)36-22-14-19(32(36,3)49-36)34(41)12-13-44-29(34)48-22/h5-13,19-22,24-27,29,37,39,41-42H,14-17H2,1-4H3/b11-10+/t19?,20-,21+,22+,24?,25?,26-,27?,29-,30-,31?,32-,33+,34+,35+,36+/m1/s1. The van der Waals surface area contributed by atoms with Crippen LogP contribution in [0.4, 0.5) is 0 Å². The monoisotopic (exact) mass is 682 g/mol. The Bertz CT molecular complexity index is 1670. The van der Waals surface area contributed by atoms with Crippen molar-refractivity contribution in [2.45, 2.75) is 93.0 Å². The Morgan fingerprint density at radius 1 is 1.04 bits per heavy atom. The van der Waals surface area contributed by atoms with E-state index in [0.717, 1.165) is 12.7 Å². The zero-order valence-corrected chi connectivity index (χ0v) is 27.7. The van der Waals surface area contributed by atoms with Crippen molar-refractivity contribution in [1.29, 1.82) is 0 Å². The van der Waals surface area contributed by atoms with Gasteiger partial charge in [-0.05, 0) is 31.1 Å². The maximum atomic E-state index is 13.8. The summed E-state index contributed by atoms with van der Waals surface area (Å²) in [6.45, 7) is 5.20. The predicted octanol–water partition coefficient (Wildman–Crippen LogP) is 0.820. The summed E-state index contributed by atoms with van der Waals surface area (Å²) in [5.41, 5.74) is -7.26. The van der Waals surface area contributed by atoms with E-state index in [4.69, 9.17) is 33.2 Å². The van der Waals surface area contributed by atoms with Gasteiger partial charge in [0.1, 0.15) is 17.3 Å². The number of hydrogen-bond donors (Lipinski definition) is 4. The minimum atomic E-state index is -2.65. The highest BCUT2D eigenvalue weighted by Crippen LogP contribution is 2.82. The van der Waals surface area contributed by atoms with E-state index >= 15 is 0 Å². The predicted molar refractivity (Wildman–Crippen MR) is 164 cm³/mol. The van der Waals surface area contributed by atoms with Crippen LogP contribution in [0.5, 0.6) is 0 Å². The van der Waals surface area contributed by atoms with Gasteiger partial charge in [0.15, 0.2) is 5.60 Å². The van der Waals surface area contributed by atoms with Crippen molar-refractivity contribution < 1.29 is 63.2 Å². The lowest BCUT2D eigenvalue weighted by molar-refractivity contribution is -0.314. The van der Waals surface area contributed by atoms with Gasteiger partial charge in [0.2, 0.25) is 6.29 Å². The van der Waals surface area contributed by atoms with E-state index in [9.17, 15) is 30.0 Å². The molecule has 5 heterocycles. The van der Waals surface area contributed by atoms with Crippen LogP contribution in [0.3, 0.4) is 0 Å². The van der Waals surface area contributed by atoms with Gasteiger partial charge in [0.25, 0.3) is 5.79 Å². The molecule has 0 amide bonds. The molecule has 9 rings (SSSR count). The third kappa shape index (κ3) is 3.44. The second-order valence-electron chi connectivity index (χ2n) is 15.9. The van der Waals surface area contributed by atoms with Crippen LogP contribution in [0.25, 0.3) is 6.08 Å². The molecule has 2 bridgehead atoms. The van der Waals surface area contributed by atoms with Crippen molar-refractivity contribution in [2.24, 2.45) is 34.0 Å². The first-order valence-corrected chi connectivity index (χ1v) is 17.0. The summed E-state index contributed by atoms with van der Waals surface area (Å²) in [6, 6.07) is 9.21. The molecule has 1 aromatic rings. The molecule has 0 aromatic heterocycles. The number of methoxy groups -OCH3 is 1. The van der Waals surface area contributed by atoms with Crippen LogP contribution in [-0.4, -0.2) is 112 Å². The Morgan fingerprint density at radius 2 is 1.80 bits per heavy atom. The highest BCUT2D eigenvalue weighted by Gasteiger charge is 2.96. The fourth-order valence-corrected chi connectivity index (χ4v) is 12.2. The second-order valence-corrected chi connectivity index (χ2v) is 15.9. The molecule has 1 aromatic carbocycles. The lowest BCUT2D eigenvalue weighted by Gasteiger charge is -2.66. The van der Waals surface area contributed by atoms with Crippen molar-refractivity contribution in [1.82, 2.24) is 0 Å². The number of hydrogen-bond acceptors (Lipinski definition) is 13. The summed E-state index contributed by atoms with van der Waals surface area (Å²) < 4.78 is 42.9. The van der Waals surface area contributed by atoms with Crippen LogP contribution in [0.1, 0.15) is 39.2 Å². The number of epoxide rings is 1. The van der Waals surface area contributed by atoms with E-state index in [1.807, 2.05) is 44.2 Å². The smallest absolute Gasteiger partial charge is 0.366 e. The van der Waals surface area contributed by atoms with E-state index in [1.54, 1.807) is 19.1 Å². The Hall–Kier alpha value is -2.88. The van der Waals surface area contributed by atoms with Gasteiger partial charge in [-0.2, -0.15) is 0 Å². The number of benzene rings is 1. The number of aliphatic hydroxyl groups is 4. The molecule has 8 aliphatic rings. The lowest BCUT2D eigenvalue weighted by Crippen LogP contribution is -2.78.